The minimum atomic E-state index is -0.286. The van der Waals surface area contributed by atoms with Gasteiger partial charge in [0.1, 0.15) is 11.6 Å². The summed E-state index contributed by atoms with van der Waals surface area (Å²) < 4.78 is 0. The molecule has 2 atom stereocenters. The summed E-state index contributed by atoms with van der Waals surface area (Å²) in [6, 6.07) is 0. The van der Waals surface area contributed by atoms with Crippen LogP contribution >= 0.6 is 0 Å². The maximum absolute atomic E-state index is 12.0. The molecule has 16 heavy (non-hydrogen) atoms. The van der Waals surface area contributed by atoms with Crippen molar-refractivity contribution in [1.82, 2.24) is 0 Å². The average Bonchev–Trinajstić information content (AvgIpc) is 2.21. The minimum absolute atomic E-state index is 0.110. The highest BCUT2D eigenvalue weighted by atomic mass is 16.2. The second-order valence-electron chi connectivity index (χ2n) is 5.08. The molecule has 1 aliphatic carbocycles. The molecule has 0 radical (unpaired) electrons. The van der Waals surface area contributed by atoms with Crippen LogP contribution < -0.4 is 0 Å². The van der Waals surface area contributed by atoms with Crippen LogP contribution in [0.3, 0.4) is 0 Å². The van der Waals surface area contributed by atoms with Gasteiger partial charge in [0.05, 0.1) is 6.42 Å². The number of ketones is 2. The fourth-order valence-corrected chi connectivity index (χ4v) is 2.35. The second-order valence-corrected chi connectivity index (χ2v) is 5.08. The van der Waals surface area contributed by atoms with Crippen LogP contribution in [0.2, 0.25) is 0 Å². The zero-order valence-corrected chi connectivity index (χ0v) is 10.6. The van der Waals surface area contributed by atoms with Crippen LogP contribution in [-0.2, 0) is 9.59 Å². The van der Waals surface area contributed by atoms with Crippen molar-refractivity contribution >= 4 is 11.6 Å². The van der Waals surface area contributed by atoms with Crippen molar-refractivity contribution < 1.29 is 9.59 Å². The summed E-state index contributed by atoms with van der Waals surface area (Å²) in [5, 5.41) is 0. The Kier molecular flexibility index (Phi) is 4.45. The lowest BCUT2D eigenvalue weighted by molar-refractivity contribution is -0.141. The van der Waals surface area contributed by atoms with E-state index in [0.29, 0.717) is 6.42 Å². The van der Waals surface area contributed by atoms with E-state index in [0.717, 1.165) is 19.3 Å². The van der Waals surface area contributed by atoms with Crippen molar-refractivity contribution in [3.63, 3.8) is 0 Å². The lowest BCUT2D eigenvalue weighted by Gasteiger charge is -2.37. The summed E-state index contributed by atoms with van der Waals surface area (Å²) in [5.74, 6) is 0.441. The van der Waals surface area contributed by atoms with Gasteiger partial charge in [0.15, 0.2) is 0 Å². The van der Waals surface area contributed by atoms with Gasteiger partial charge in [0, 0.05) is 11.8 Å². The molecule has 0 saturated heterocycles. The number of rotatable bonds is 4. The summed E-state index contributed by atoms with van der Waals surface area (Å²) in [4.78, 5) is 23.3. The zero-order chi connectivity index (χ0) is 12.2. The van der Waals surface area contributed by atoms with Crippen molar-refractivity contribution in [3.05, 3.63) is 12.2 Å². The number of hydrogen-bond donors (Lipinski definition) is 0. The van der Waals surface area contributed by atoms with Crippen LogP contribution in [0.15, 0.2) is 12.2 Å². The molecule has 2 nitrogen and oxygen atoms in total. The SMILES string of the molecule is CC/C=C\CC[C@@]1(C)C(=O)CC(=O)C[C@H]1C. The minimum Gasteiger partial charge on any atom is -0.299 e. The molecule has 1 rings (SSSR count). The summed E-state index contributed by atoms with van der Waals surface area (Å²) in [6.07, 6.45) is 7.84. The van der Waals surface area contributed by atoms with E-state index in [1.807, 2.05) is 13.8 Å². The second kappa shape index (κ2) is 5.42. The van der Waals surface area contributed by atoms with Crippen LogP contribution in [-0.4, -0.2) is 11.6 Å². The summed E-state index contributed by atoms with van der Waals surface area (Å²) in [6.45, 7) is 6.15. The molecule has 90 valence electrons. The van der Waals surface area contributed by atoms with E-state index in [1.165, 1.54) is 0 Å². The molecule has 0 unspecified atom stereocenters. The van der Waals surface area contributed by atoms with Crippen LogP contribution in [0.1, 0.15) is 52.9 Å². The molecule has 0 aliphatic heterocycles. The summed E-state index contributed by atoms with van der Waals surface area (Å²) >= 11 is 0. The topological polar surface area (TPSA) is 34.1 Å². The normalized spacial score (nSPS) is 31.3. The molecular weight excluding hydrogens is 200 g/mol. The molecule has 1 aliphatic rings. The lowest BCUT2D eigenvalue weighted by Crippen LogP contribution is -2.41. The van der Waals surface area contributed by atoms with Gasteiger partial charge in [0.25, 0.3) is 0 Å². The lowest BCUT2D eigenvalue weighted by atomic mass is 9.65. The van der Waals surface area contributed by atoms with E-state index in [9.17, 15) is 9.59 Å². The molecule has 0 spiro atoms. The molecule has 2 heteroatoms. The Morgan fingerprint density at radius 2 is 2.06 bits per heavy atom. The molecule has 0 aromatic rings. The Hall–Kier alpha value is -0.920. The first-order valence-electron chi connectivity index (χ1n) is 6.20. The van der Waals surface area contributed by atoms with Crippen molar-refractivity contribution in [2.45, 2.75) is 52.9 Å². The maximum atomic E-state index is 12.0. The number of Topliss-reactive ketones (excluding diaryl/α,β-unsaturated/α-hetero) is 2. The van der Waals surface area contributed by atoms with Crippen molar-refractivity contribution in [1.29, 1.82) is 0 Å². The van der Waals surface area contributed by atoms with Gasteiger partial charge in [0.2, 0.25) is 0 Å². The number of hydrogen-bond acceptors (Lipinski definition) is 2. The van der Waals surface area contributed by atoms with Gasteiger partial charge in [-0.3, -0.25) is 9.59 Å². The maximum Gasteiger partial charge on any atom is 0.146 e. The van der Waals surface area contributed by atoms with Gasteiger partial charge in [-0.15, -0.1) is 0 Å². The molecule has 0 heterocycles. The fourth-order valence-electron chi connectivity index (χ4n) is 2.35. The van der Waals surface area contributed by atoms with Gasteiger partial charge in [-0.05, 0) is 25.2 Å². The first-order valence-corrected chi connectivity index (χ1v) is 6.20. The Balaban J connectivity index is 2.63. The van der Waals surface area contributed by atoms with Crippen molar-refractivity contribution in [2.24, 2.45) is 11.3 Å². The molecular formula is C14H22O2. The van der Waals surface area contributed by atoms with Gasteiger partial charge in [-0.25, -0.2) is 0 Å². The van der Waals surface area contributed by atoms with Crippen LogP contribution in [0.25, 0.3) is 0 Å². The summed E-state index contributed by atoms with van der Waals surface area (Å²) in [7, 11) is 0. The van der Waals surface area contributed by atoms with E-state index in [-0.39, 0.29) is 29.3 Å². The predicted octanol–water partition coefficient (Wildman–Crippen LogP) is 3.31. The smallest absolute Gasteiger partial charge is 0.146 e. The number of carbonyl (C=O) groups is 2. The third-order valence-corrected chi connectivity index (χ3v) is 3.85. The van der Waals surface area contributed by atoms with Gasteiger partial charge in [-0.2, -0.15) is 0 Å². The standard InChI is InChI=1S/C14H22O2/c1-4-5-6-7-8-14(3)11(2)9-12(15)10-13(14)16/h5-6,11H,4,7-10H2,1-3H3/b6-5-/t11-,14-/m1/s1. The third-order valence-electron chi connectivity index (χ3n) is 3.85. The molecule has 1 fully saturated rings. The monoisotopic (exact) mass is 222 g/mol. The van der Waals surface area contributed by atoms with E-state index in [2.05, 4.69) is 19.1 Å². The molecule has 0 aromatic carbocycles. The van der Waals surface area contributed by atoms with E-state index < -0.39 is 0 Å². The van der Waals surface area contributed by atoms with E-state index in [4.69, 9.17) is 0 Å². The average molecular weight is 222 g/mol. The highest BCUT2D eigenvalue weighted by Gasteiger charge is 2.42. The molecule has 1 saturated carbocycles. The van der Waals surface area contributed by atoms with Crippen LogP contribution in [0.4, 0.5) is 0 Å². The zero-order valence-electron chi connectivity index (χ0n) is 10.6. The Labute approximate surface area is 98.1 Å². The van der Waals surface area contributed by atoms with Crippen molar-refractivity contribution in [2.75, 3.05) is 0 Å². The Morgan fingerprint density at radius 1 is 1.38 bits per heavy atom. The van der Waals surface area contributed by atoms with Crippen LogP contribution in [0, 0.1) is 11.3 Å². The molecule has 0 bridgehead atoms. The molecule has 0 N–H and O–H groups in total. The van der Waals surface area contributed by atoms with Gasteiger partial charge in [-0.1, -0.05) is 32.9 Å². The number of allylic oxidation sites excluding steroid dienone is 2. The van der Waals surface area contributed by atoms with Gasteiger partial charge < -0.3 is 0 Å². The van der Waals surface area contributed by atoms with Crippen molar-refractivity contribution in [3.8, 4) is 0 Å². The first kappa shape index (κ1) is 13.1. The third kappa shape index (κ3) is 2.81. The fraction of sp³-hybridized carbons (Fsp3) is 0.714. The molecule has 0 aromatic heterocycles. The summed E-state index contributed by atoms with van der Waals surface area (Å²) in [5.41, 5.74) is -0.286. The highest BCUT2D eigenvalue weighted by Crippen LogP contribution is 2.40. The largest absolute Gasteiger partial charge is 0.299 e. The van der Waals surface area contributed by atoms with Crippen LogP contribution in [0.5, 0.6) is 0 Å². The highest BCUT2D eigenvalue weighted by molar-refractivity contribution is 6.04. The predicted molar refractivity (Wildman–Crippen MR) is 65.2 cm³/mol. The Morgan fingerprint density at radius 3 is 2.62 bits per heavy atom. The molecule has 0 amide bonds. The van der Waals surface area contributed by atoms with Gasteiger partial charge >= 0.3 is 0 Å². The van der Waals surface area contributed by atoms with E-state index >= 15 is 0 Å². The van der Waals surface area contributed by atoms with E-state index in [1.54, 1.807) is 0 Å². The Bertz CT molecular complexity index is 304. The quantitative estimate of drug-likeness (QED) is 0.540. The number of carbonyl (C=O) groups excluding carboxylic acids is 2. The first-order chi connectivity index (χ1) is 7.50.